The van der Waals surface area contributed by atoms with Crippen molar-refractivity contribution in [3.63, 3.8) is 0 Å². The fraction of sp³-hybridized carbons (Fsp3) is 0.412. The van der Waals surface area contributed by atoms with Crippen LogP contribution in [0.3, 0.4) is 0 Å². The lowest BCUT2D eigenvalue weighted by Crippen LogP contribution is -2.38. The van der Waals surface area contributed by atoms with Gasteiger partial charge in [-0.05, 0) is 19.1 Å². The average molecular weight is 376 g/mol. The second kappa shape index (κ2) is 8.04. The van der Waals surface area contributed by atoms with E-state index in [0.29, 0.717) is 36.1 Å². The van der Waals surface area contributed by atoms with Gasteiger partial charge in [-0.3, -0.25) is 9.59 Å². The van der Waals surface area contributed by atoms with Gasteiger partial charge in [0.15, 0.2) is 17.2 Å². The van der Waals surface area contributed by atoms with Crippen LogP contribution in [0, 0.1) is 6.92 Å². The minimum Gasteiger partial charge on any atom is -0.486 e. The van der Waals surface area contributed by atoms with Crippen molar-refractivity contribution in [1.29, 1.82) is 0 Å². The first-order valence-corrected chi connectivity index (χ1v) is 8.33. The first-order valence-electron chi connectivity index (χ1n) is 8.33. The molecule has 0 saturated carbocycles. The summed E-state index contributed by atoms with van der Waals surface area (Å²) in [7, 11) is 1.48. The molecule has 1 aliphatic heterocycles. The van der Waals surface area contributed by atoms with Crippen LogP contribution in [-0.4, -0.2) is 76.9 Å². The van der Waals surface area contributed by atoms with Crippen molar-refractivity contribution in [2.24, 2.45) is 0 Å². The zero-order valence-electron chi connectivity index (χ0n) is 15.0. The van der Waals surface area contributed by atoms with Crippen molar-refractivity contribution < 1.29 is 28.9 Å². The number of aliphatic carboxylic acids is 1. The minimum absolute atomic E-state index is 0.0854. The SMILES string of the molecule is COCCN(CC(=O)O)C(=O)c1nnn(-c2ccc3c(c2)OCCO3)c1C. The lowest BCUT2D eigenvalue weighted by Gasteiger charge is -2.19. The summed E-state index contributed by atoms with van der Waals surface area (Å²) in [6.45, 7) is 2.55. The Kier molecular flexibility index (Phi) is 5.55. The van der Waals surface area contributed by atoms with E-state index in [1.165, 1.54) is 11.8 Å². The van der Waals surface area contributed by atoms with Crippen LogP contribution in [0.2, 0.25) is 0 Å². The molecule has 0 radical (unpaired) electrons. The van der Waals surface area contributed by atoms with Crippen molar-refractivity contribution in [1.82, 2.24) is 19.9 Å². The monoisotopic (exact) mass is 376 g/mol. The molecular formula is C17H20N4O6. The molecule has 0 saturated heterocycles. The maximum Gasteiger partial charge on any atom is 0.323 e. The third-order valence-corrected chi connectivity index (χ3v) is 4.05. The van der Waals surface area contributed by atoms with Gasteiger partial charge >= 0.3 is 5.97 Å². The summed E-state index contributed by atoms with van der Waals surface area (Å²) in [6, 6.07) is 5.30. The van der Waals surface area contributed by atoms with Crippen LogP contribution in [0.4, 0.5) is 0 Å². The van der Waals surface area contributed by atoms with Gasteiger partial charge in [-0.1, -0.05) is 5.21 Å². The highest BCUT2D eigenvalue weighted by atomic mass is 16.6. The molecule has 0 aliphatic carbocycles. The van der Waals surface area contributed by atoms with E-state index in [0.717, 1.165) is 4.90 Å². The summed E-state index contributed by atoms with van der Waals surface area (Å²) in [4.78, 5) is 24.9. The highest BCUT2D eigenvalue weighted by Crippen LogP contribution is 2.32. The molecule has 1 aromatic heterocycles. The minimum atomic E-state index is -1.11. The quantitative estimate of drug-likeness (QED) is 0.743. The Bertz CT molecular complexity index is 850. The predicted molar refractivity (Wildman–Crippen MR) is 92.5 cm³/mol. The lowest BCUT2D eigenvalue weighted by molar-refractivity contribution is -0.137. The zero-order valence-corrected chi connectivity index (χ0v) is 15.0. The fourth-order valence-electron chi connectivity index (χ4n) is 2.70. The number of benzene rings is 1. The van der Waals surface area contributed by atoms with Crippen LogP contribution in [0.25, 0.3) is 5.69 Å². The molecule has 1 N–H and O–H groups in total. The van der Waals surface area contributed by atoms with E-state index in [9.17, 15) is 9.59 Å². The summed E-state index contributed by atoms with van der Waals surface area (Å²) in [6.07, 6.45) is 0. The molecule has 2 heterocycles. The van der Waals surface area contributed by atoms with Crippen LogP contribution in [0.5, 0.6) is 11.5 Å². The van der Waals surface area contributed by atoms with Crippen molar-refractivity contribution in [2.75, 3.05) is 40.0 Å². The molecular weight excluding hydrogens is 356 g/mol. The van der Waals surface area contributed by atoms with Crippen LogP contribution >= 0.6 is 0 Å². The summed E-state index contributed by atoms with van der Waals surface area (Å²) < 4.78 is 17.5. The van der Waals surface area contributed by atoms with Crippen molar-refractivity contribution in [3.05, 3.63) is 29.6 Å². The number of nitrogens with zero attached hydrogens (tertiary/aromatic N) is 4. The maximum absolute atomic E-state index is 12.7. The Morgan fingerprint density at radius 2 is 2.04 bits per heavy atom. The second-order valence-corrected chi connectivity index (χ2v) is 5.88. The van der Waals surface area contributed by atoms with Gasteiger partial charge in [0.1, 0.15) is 19.8 Å². The summed E-state index contributed by atoms with van der Waals surface area (Å²) in [5.41, 5.74) is 1.23. The number of ether oxygens (including phenoxy) is 3. The van der Waals surface area contributed by atoms with Crippen LogP contribution in [0.1, 0.15) is 16.2 Å². The Morgan fingerprint density at radius 3 is 2.74 bits per heavy atom. The van der Waals surface area contributed by atoms with Gasteiger partial charge in [0, 0.05) is 19.7 Å². The van der Waals surface area contributed by atoms with E-state index in [4.69, 9.17) is 19.3 Å². The summed E-state index contributed by atoms with van der Waals surface area (Å²) >= 11 is 0. The van der Waals surface area contributed by atoms with Gasteiger partial charge in [0.25, 0.3) is 5.91 Å². The number of methoxy groups -OCH3 is 1. The highest BCUT2D eigenvalue weighted by molar-refractivity contribution is 5.95. The first-order chi connectivity index (χ1) is 13.0. The van der Waals surface area contributed by atoms with Gasteiger partial charge in [-0.2, -0.15) is 0 Å². The number of carboxylic acid groups (broad SMARTS) is 1. The van der Waals surface area contributed by atoms with Gasteiger partial charge < -0.3 is 24.2 Å². The second-order valence-electron chi connectivity index (χ2n) is 5.88. The number of hydrogen-bond donors (Lipinski definition) is 1. The number of carbonyl (C=O) groups excluding carboxylic acids is 1. The molecule has 0 spiro atoms. The summed E-state index contributed by atoms with van der Waals surface area (Å²) in [5, 5.41) is 17.0. The molecule has 144 valence electrons. The zero-order chi connectivity index (χ0) is 19.4. The van der Waals surface area contributed by atoms with Gasteiger partial charge in [0.05, 0.1) is 18.0 Å². The smallest absolute Gasteiger partial charge is 0.323 e. The Labute approximate surface area is 155 Å². The Balaban J connectivity index is 1.87. The first kappa shape index (κ1) is 18.6. The number of fused-ring (bicyclic) bond motifs is 1. The van der Waals surface area contributed by atoms with Gasteiger partial charge in [0.2, 0.25) is 0 Å². The molecule has 2 aromatic rings. The molecule has 1 amide bonds. The third kappa shape index (κ3) is 4.00. The average Bonchev–Trinajstić information content (AvgIpc) is 3.05. The maximum atomic E-state index is 12.7. The van der Waals surface area contributed by atoms with Gasteiger partial charge in [-0.15, -0.1) is 5.10 Å². The highest BCUT2D eigenvalue weighted by Gasteiger charge is 2.25. The van der Waals surface area contributed by atoms with Crippen molar-refractivity contribution >= 4 is 11.9 Å². The molecule has 27 heavy (non-hydrogen) atoms. The molecule has 3 rings (SSSR count). The van der Waals surface area contributed by atoms with E-state index in [1.54, 1.807) is 25.1 Å². The standard InChI is InChI=1S/C17H20N4O6/c1-11-16(17(24)20(5-6-25-2)10-15(22)23)18-19-21(11)12-3-4-13-14(9-12)27-8-7-26-13/h3-4,9H,5-8,10H2,1-2H3,(H,22,23). The molecule has 0 fully saturated rings. The van der Waals surface area contributed by atoms with Gasteiger partial charge in [-0.25, -0.2) is 4.68 Å². The number of carboxylic acids is 1. The predicted octanol–water partition coefficient (Wildman–Crippen LogP) is 0.520. The molecule has 0 unspecified atom stereocenters. The number of carbonyl (C=O) groups is 2. The van der Waals surface area contributed by atoms with Crippen LogP contribution in [0.15, 0.2) is 18.2 Å². The van der Waals surface area contributed by atoms with E-state index in [2.05, 4.69) is 10.3 Å². The molecule has 1 aromatic carbocycles. The number of hydrogen-bond acceptors (Lipinski definition) is 7. The number of aromatic nitrogens is 3. The third-order valence-electron chi connectivity index (χ3n) is 4.05. The normalized spacial score (nSPS) is 12.7. The number of amides is 1. The van der Waals surface area contributed by atoms with E-state index >= 15 is 0 Å². The molecule has 0 atom stereocenters. The van der Waals surface area contributed by atoms with Crippen LogP contribution in [-0.2, 0) is 9.53 Å². The molecule has 1 aliphatic rings. The van der Waals surface area contributed by atoms with Crippen molar-refractivity contribution in [3.8, 4) is 17.2 Å². The topological polar surface area (TPSA) is 116 Å². The molecule has 10 nitrogen and oxygen atoms in total. The van der Waals surface area contributed by atoms with E-state index in [1.807, 2.05) is 0 Å². The fourth-order valence-corrected chi connectivity index (χ4v) is 2.70. The lowest BCUT2D eigenvalue weighted by atomic mass is 10.2. The van der Waals surface area contributed by atoms with E-state index < -0.39 is 18.4 Å². The molecule has 0 bridgehead atoms. The largest absolute Gasteiger partial charge is 0.486 e. The summed E-state index contributed by atoms with van der Waals surface area (Å²) in [5.74, 6) is -0.396. The van der Waals surface area contributed by atoms with Crippen molar-refractivity contribution in [2.45, 2.75) is 6.92 Å². The number of rotatable bonds is 7. The van der Waals surface area contributed by atoms with E-state index in [-0.39, 0.29) is 18.8 Å². The van der Waals surface area contributed by atoms with Crippen LogP contribution < -0.4 is 9.47 Å². The molecule has 10 heteroatoms. The Hall–Kier alpha value is -3.14. The Morgan fingerprint density at radius 1 is 1.30 bits per heavy atom.